The summed E-state index contributed by atoms with van der Waals surface area (Å²) in [6.07, 6.45) is 1.95. The Kier molecular flexibility index (Phi) is 6.84. The largest absolute Gasteiger partial charge is 0.431 e. The molecule has 36 heavy (non-hydrogen) atoms. The van der Waals surface area contributed by atoms with Gasteiger partial charge in [-0.05, 0) is 30.3 Å². The van der Waals surface area contributed by atoms with E-state index in [2.05, 4.69) is 32.3 Å². The summed E-state index contributed by atoms with van der Waals surface area (Å²) in [5.41, 5.74) is -0.689. The van der Waals surface area contributed by atoms with E-state index in [0.717, 1.165) is 0 Å². The van der Waals surface area contributed by atoms with Gasteiger partial charge in [-0.3, -0.25) is 9.78 Å². The van der Waals surface area contributed by atoms with Crippen LogP contribution in [0.4, 0.5) is 24.5 Å². The molecule has 0 radical (unpaired) electrons. The van der Waals surface area contributed by atoms with Crippen molar-refractivity contribution in [1.82, 2.24) is 19.7 Å². The van der Waals surface area contributed by atoms with Gasteiger partial charge in [0, 0.05) is 41.0 Å². The number of hydrogen-bond donors (Lipinski definition) is 3. The van der Waals surface area contributed by atoms with Gasteiger partial charge in [0.15, 0.2) is 12.1 Å². The molecule has 0 fully saturated rings. The fourth-order valence-electron chi connectivity index (χ4n) is 3.37. The van der Waals surface area contributed by atoms with Crippen molar-refractivity contribution in [2.75, 3.05) is 10.6 Å². The minimum absolute atomic E-state index is 0.117. The summed E-state index contributed by atoms with van der Waals surface area (Å²) >= 11 is 6.27. The van der Waals surface area contributed by atoms with Crippen molar-refractivity contribution >= 4 is 46.4 Å². The first-order valence-electron chi connectivity index (χ1n) is 10.3. The van der Waals surface area contributed by atoms with Crippen LogP contribution < -0.4 is 10.6 Å². The second kappa shape index (κ2) is 10.0. The van der Waals surface area contributed by atoms with Crippen molar-refractivity contribution in [3.8, 4) is 5.82 Å². The van der Waals surface area contributed by atoms with Crippen LogP contribution in [0.15, 0.2) is 84.7 Å². The molecule has 0 saturated heterocycles. The molecule has 0 bridgehead atoms. The number of halogens is 4. The number of allylic oxidation sites excluding steroid dienone is 2. The topological polar surface area (TPSA) is 109 Å². The van der Waals surface area contributed by atoms with Crippen molar-refractivity contribution in [2.24, 2.45) is 0 Å². The van der Waals surface area contributed by atoms with E-state index in [9.17, 15) is 18.0 Å². The quantitative estimate of drug-likeness (QED) is 0.157. The first kappa shape index (κ1) is 24.6. The molecule has 0 spiro atoms. The highest BCUT2D eigenvalue weighted by atomic mass is 35.5. The molecule has 3 aromatic heterocycles. The van der Waals surface area contributed by atoms with Gasteiger partial charge in [0.1, 0.15) is 5.70 Å². The second-order valence-electron chi connectivity index (χ2n) is 7.40. The summed E-state index contributed by atoms with van der Waals surface area (Å²) < 4.78 is 43.6. The maximum absolute atomic E-state index is 14.1. The Morgan fingerprint density at radius 2 is 1.94 bits per heavy atom. The molecular weight excluding hydrogens is 495 g/mol. The highest BCUT2D eigenvalue weighted by Gasteiger charge is 2.37. The Labute approximate surface area is 207 Å². The monoisotopic (exact) mass is 511 g/mol. The summed E-state index contributed by atoms with van der Waals surface area (Å²) in [6.45, 7) is 3.68. The van der Waals surface area contributed by atoms with Crippen molar-refractivity contribution in [1.29, 1.82) is 5.41 Å². The molecule has 0 aliphatic rings. The number of rotatable bonds is 8. The fourth-order valence-corrected chi connectivity index (χ4v) is 3.62. The van der Waals surface area contributed by atoms with Gasteiger partial charge in [0.25, 0.3) is 0 Å². The SMILES string of the molecule is C=C(Nc1cnc(-n2cc(C=O)cn2)c(Cl)c1)/C(C=N)=C(/Nc1cccc2ncccc12)C(F)(F)F. The van der Waals surface area contributed by atoms with E-state index in [4.69, 9.17) is 17.0 Å². The number of aldehydes is 1. The second-order valence-corrected chi connectivity index (χ2v) is 7.81. The lowest BCUT2D eigenvalue weighted by molar-refractivity contribution is -0.0906. The molecule has 8 nitrogen and oxygen atoms in total. The molecule has 4 aromatic rings. The Morgan fingerprint density at radius 1 is 1.14 bits per heavy atom. The summed E-state index contributed by atoms with van der Waals surface area (Å²) in [7, 11) is 0. The van der Waals surface area contributed by atoms with E-state index in [1.165, 1.54) is 35.4 Å². The van der Waals surface area contributed by atoms with Gasteiger partial charge in [-0.15, -0.1) is 0 Å². The van der Waals surface area contributed by atoms with Crippen LogP contribution in [0, 0.1) is 5.41 Å². The number of pyridine rings is 2. The van der Waals surface area contributed by atoms with Crippen molar-refractivity contribution in [2.45, 2.75) is 6.18 Å². The molecule has 0 unspecified atom stereocenters. The molecule has 0 amide bonds. The predicted molar refractivity (Wildman–Crippen MR) is 132 cm³/mol. The molecule has 0 aliphatic carbocycles. The molecule has 1 aromatic carbocycles. The number of carbonyl (C=O) groups is 1. The van der Waals surface area contributed by atoms with Crippen LogP contribution in [0.1, 0.15) is 10.4 Å². The maximum atomic E-state index is 14.1. The first-order chi connectivity index (χ1) is 17.2. The van der Waals surface area contributed by atoms with Gasteiger partial charge >= 0.3 is 6.18 Å². The zero-order chi connectivity index (χ0) is 25.9. The standard InChI is InChI=1S/C24H17ClF3N7O/c1-14(33-16-8-19(25)23(31-11-16)35-12-15(13-36)10-32-35)18(9-29)22(24(26,27)28)34-21-6-2-5-20-17(21)4-3-7-30-20/h2-13,29,33-34H,1H2/b22-18+,29-9?. The number of nitrogens with one attached hydrogen (secondary N) is 3. The zero-order valence-electron chi connectivity index (χ0n) is 18.3. The highest BCUT2D eigenvalue weighted by Crippen LogP contribution is 2.34. The molecule has 12 heteroatoms. The normalized spacial score (nSPS) is 12.1. The molecule has 0 saturated carbocycles. The Balaban J connectivity index is 1.66. The third kappa shape index (κ3) is 5.10. The Morgan fingerprint density at radius 3 is 2.61 bits per heavy atom. The molecule has 3 heterocycles. The van der Waals surface area contributed by atoms with Crippen molar-refractivity contribution in [3.05, 3.63) is 95.3 Å². The number of aromatic nitrogens is 4. The van der Waals surface area contributed by atoms with Crippen molar-refractivity contribution < 1.29 is 18.0 Å². The Hall–Kier alpha value is -4.51. The van der Waals surface area contributed by atoms with Crippen LogP contribution >= 0.6 is 11.6 Å². The van der Waals surface area contributed by atoms with E-state index in [1.807, 2.05) is 0 Å². The minimum atomic E-state index is -4.84. The van der Waals surface area contributed by atoms with Crippen LogP contribution in [-0.2, 0) is 0 Å². The molecule has 3 N–H and O–H groups in total. The van der Waals surface area contributed by atoms with Gasteiger partial charge in [0.2, 0.25) is 0 Å². The number of nitrogens with zero attached hydrogens (tertiary/aromatic N) is 4. The summed E-state index contributed by atoms with van der Waals surface area (Å²) in [6, 6.07) is 9.42. The summed E-state index contributed by atoms with van der Waals surface area (Å²) in [5.74, 6) is 0.214. The first-order valence-corrected chi connectivity index (χ1v) is 10.6. The van der Waals surface area contributed by atoms with Gasteiger partial charge < -0.3 is 16.0 Å². The number of benzene rings is 1. The molecule has 0 atom stereocenters. The molecule has 4 rings (SSSR count). The van der Waals surface area contributed by atoms with Crippen LogP contribution in [-0.4, -0.2) is 38.4 Å². The smallest absolute Gasteiger partial charge is 0.354 e. The van der Waals surface area contributed by atoms with Gasteiger partial charge in [-0.25, -0.2) is 9.67 Å². The van der Waals surface area contributed by atoms with Crippen LogP contribution in [0.25, 0.3) is 16.7 Å². The lowest BCUT2D eigenvalue weighted by atomic mass is 10.1. The number of alkyl halides is 3. The van der Waals surface area contributed by atoms with Crippen LogP contribution in [0.3, 0.4) is 0 Å². The summed E-state index contributed by atoms with van der Waals surface area (Å²) in [4.78, 5) is 19.2. The van der Waals surface area contributed by atoms with Crippen LogP contribution in [0.5, 0.6) is 0 Å². The number of anilines is 2. The van der Waals surface area contributed by atoms with E-state index < -0.39 is 17.4 Å². The molecular formula is C24H17ClF3N7O. The van der Waals surface area contributed by atoms with E-state index in [1.54, 1.807) is 30.5 Å². The number of fused-ring (bicyclic) bond motifs is 1. The maximum Gasteiger partial charge on any atom is 0.431 e. The van der Waals surface area contributed by atoms with Gasteiger partial charge in [-0.2, -0.15) is 18.3 Å². The minimum Gasteiger partial charge on any atom is -0.354 e. The van der Waals surface area contributed by atoms with E-state index >= 15 is 0 Å². The highest BCUT2D eigenvalue weighted by molar-refractivity contribution is 6.32. The van der Waals surface area contributed by atoms with E-state index in [-0.39, 0.29) is 27.9 Å². The fraction of sp³-hybridized carbons (Fsp3) is 0.0417. The van der Waals surface area contributed by atoms with Crippen LogP contribution in [0.2, 0.25) is 5.02 Å². The number of carbonyl (C=O) groups excluding carboxylic acids is 1. The van der Waals surface area contributed by atoms with Crippen molar-refractivity contribution in [3.63, 3.8) is 0 Å². The molecule has 182 valence electrons. The summed E-state index contributed by atoms with van der Waals surface area (Å²) in [5, 5.41) is 17.4. The average molecular weight is 512 g/mol. The van der Waals surface area contributed by atoms with Gasteiger partial charge in [0.05, 0.1) is 34.2 Å². The predicted octanol–water partition coefficient (Wildman–Crippen LogP) is 5.79. The number of hydrogen-bond acceptors (Lipinski definition) is 7. The average Bonchev–Trinajstić information content (AvgIpc) is 3.32. The third-order valence-corrected chi connectivity index (χ3v) is 5.28. The lowest BCUT2D eigenvalue weighted by Gasteiger charge is -2.20. The molecule has 0 aliphatic heterocycles. The van der Waals surface area contributed by atoms with Gasteiger partial charge in [-0.1, -0.05) is 24.2 Å². The third-order valence-electron chi connectivity index (χ3n) is 5.00. The zero-order valence-corrected chi connectivity index (χ0v) is 19.1. The Bertz CT molecular complexity index is 1510. The van der Waals surface area contributed by atoms with E-state index in [0.29, 0.717) is 29.0 Å². The lowest BCUT2D eigenvalue weighted by Crippen LogP contribution is -2.24.